The summed E-state index contributed by atoms with van der Waals surface area (Å²) in [5.41, 5.74) is 2.76. The number of hydrogen-bond donors (Lipinski definition) is 2. The van der Waals surface area contributed by atoms with Crippen molar-refractivity contribution in [2.75, 3.05) is 56.9 Å². The molecule has 0 saturated carbocycles. The minimum Gasteiger partial charge on any atom is -0.494 e. The highest BCUT2D eigenvalue weighted by Gasteiger charge is 2.18. The van der Waals surface area contributed by atoms with E-state index in [4.69, 9.17) is 4.74 Å². The van der Waals surface area contributed by atoms with Gasteiger partial charge in [0, 0.05) is 43.9 Å². The van der Waals surface area contributed by atoms with Crippen molar-refractivity contribution in [3.05, 3.63) is 83.1 Å². The first kappa shape index (κ1) is 31.8. The van der Waals surface area contributed by atoms with E-state index in [9.17, 15) is 14.0 Å². The van der Waals surface area contributed by atoms with Crippen molar-refractivity contribution < 1.29 is 13.9 Å². The lowest BCUT2D eigenvalue weighted by atomic mass is 10.2. The zero-order valence-electron chi connectivity index (χ0n) is 25.2. The third-order valence-corrected chi connectivity index (χ3v) is 6.33. The standard InChI is InChI=1S/C29H32FN7O3.C2H6/c1-7-26(38)32-22-15-23(25(40-6)16-24(22)36(5)12-11-35(3)4)33-29-31-17-21-18(2)13-27(39)37(28(21)34-29)20-10-8-9-19(30)14-20;1-2/h7-10,13-17H,1,11-12H2,2-6H3,(H,32,38)(H,31,33,34);1-2H3. The Labute approximate surface area is 245 Å². The molecular formula is C31H38FN7O3. The monoisotopic (exact) mass is 575 g/mol. The molecule has 0 spiro atoms. The highest BCUT2D eigenvalue weighted by atomic mass is 19.1. The number of carbonyl (C=O) groups excluding carboxylic acids is 1. The van der Waals surface area contributed by atoms with Crippen LogP contribution in [0.15, 0.2) is 66.1 Å². The van der Waals surface area contributed by atoms with Crippen molar-refractivity contribution >= 4 is 40.0 Å². The molecule has 0 atom stereocenters. The maximum atomic E-state index is 14.0. The predicted molar refractivity (Wildman–Crippen MR) is 168 cm³/mol. The van der Waals surface area contributed by atoms with Gasteiger partial charge in [-0.2, -0.15) is 4.98 Å². The van der Waals surface area contributed by atoms with E-state index in [0.717, 1.165) is 12.2 Å². The minimum absolute atomic E-state index is 0.177. The molecule has 4 rings (SSSR count). The Morgan fingerprint density at radius 3 is 2.50 bits per heavy atom. The molecule has 0 aliphatic heterocycles. The van der Waals surface area contributed by atoms with Crippen molar-refractivity contribution in [2.45, 2.75) is 20.8 Å². The van der Waals surface area contributed by atoms with E-state index in [1.54, 1.807) is 32.4 Å². The minimum atomic E-state index is -0.472. The van der Waals surface area contributed by atoms with Gasteiger partial charge in [-0.05, 0) is 56.9 Å². The lowest BCUT2D eigenvalue weighted by Crippen LogP contribution is -2.29. The molecule has 0 aliphatic carbocycles. The molecule has 1 amide bonds. The maximum absolute atomic E-state index is 14.0. The highest BCUT2D eigenvalue weighted by molar-refractivity contribution is 6.02. The fourth-order valence-electron chi connectivity index (χ4n) is 4.20. The highest BCUT2D eigenvalue weighted by Crippen LogP contribution is 2.38. The summed E-state index contributed by atoms with van der Waals surface area (Å²) in [4.78, 5) is 38.4. The van der Waals surface area contributed by atoms with Gasteiger partial charge in [0.05, 0.1) is 29.9 Å². The average molecular weight is 576 g/mol. The SMILES string of the molecule is C=CC(=O)Nc1cc(Nc2ncc3c(C)cc(=O)n(-c4cccc(F)c4)c3n2)c(OC)cc1N(C)CCN(C)C.CC. The molecule has 2 aromatic heterocycles. The number of pyridine rings is 1. The number of likely N-dealkylation sites (N-methyl/N-ethyl adjacent to an activating group) is 2. The number of rotatable bonds is 10. The molecule has 2 N–H and O–H groups in total. The third kappa shape index (κ3) is 7.29. The molecule has 0 bridgehead atoms. The molecule has 11 heteroatoms. The number of halogens is 1. The Hall–Kier alpha value is -4.77. The van der Waals surface area contributed by atoms with Crippen molar-refractivity contribution in [2.24, 2.45) is 0 Å². The number of nitrogens with one attached hydrogen (secondary N) is 2. The molecule has 4 aromatic rings. The summed E-state index contributed by atoms with van der Waals surface area (Å²) in [6, 6.07) is 10.8. The fourth-order valence-corrected chi connectivity index (χ4v) is 4.20. The van der Waals surface area contributed by atoms with Gasteiger partial charge in [0.2, 0.25) is 11.9 Å². The summed E-state index contributed by atoms with van der Waals surface area (Å²) in [5, 5.41) is 6.65. The van der Waals surface area contributed by atoms with Crippen LogP contribution in [0.4, 0.5) is 27.4 Å². The largest absolute Gasteiger partial charge is 0.494 e. The van der Waals surface area contributed by atoms with Crippen LogP contribution in [0.3, 0.4) is 0 Å². The maximum Gasteiger partial charge on any atom is 0.257 e. The lowest BCUT2D eigenvalue weighted by Gasteiger charge is -2.26. The first-order valence-electron chi connectivity index (χ1n) is 13.5. The number of ether oxygens (including phenoxy) is 1. The first-order valence-corrected chi connectivity index (χ1v) is 13.5. The number of hydrogen-bond acceptors (Lipinski definition) is 8. The Bertz CT molecular complexity index is 1640. The van der Waals surface area contributed by atoms with Gasteiger partial charge in [-0.3, -0.25) is 14.2 Å². The summed E-state index contributed by atoms with van der Waals surface area (Å²) < 4.78 is 21.0. The number of fused-ring (bicyclic) bond motifs is 1. The predicted octanol–water partition coefficient (Wildman–Crippen LogP) is 5.13. The van der Waals surface area contributed by atoms with Crippen LogP contribution in [-0.4, -0.2) is 66.7 Å². The zero-order chi connectivity index (χ0) is 31.0. The Balaban J connectivity index is 0.00000237. The molecule has 2 heterocycles. The molecule has 0 radical (unpaired) electrons. The molecule has 0 fully saturated rings. The number of anilines is 4. The second-order valence-corrected chi connectivity index (χ2v) is 9.52. The van der Waals surface area contributed by atoms with E-state index < -0.39 is 5.82 Å². The summed E-state index contributed by atoms with van der Waals surface area (Å²) in [6.45, 7) is 10.8. The van der Waals surface area contributed by atoms with Crippen LogP contribution >= 0.6 is 0 Å². The quantitative estimate of drug-likeness (QED) is 0.251. The molecule has 222 valence electrons. The third-order valence-electron chi connectivity index (χ3n) is 6.33. The Morgan fingerprint density at radius 1 is 1.12 bits per heavy atom. The van der Waals surface area contributed by atoms with Crippen LogP contribution < -0.4 is 25.8 Å². The van der Waals surface area contributed by atoms with Gasteiger partial charge >= 0.3 is 0 Å². The van der Waals surface area contributed by atoms with Crippen LogP contribution in [-0.2, 0) is 4.79 Å². The summed E-state index contributed by atoms with van der Waals surface area (Å²) in [7, 11) is 7.44. The number of carbonyl (C=O) groups is 1. The van der Waals surface area contributed by atoms with Crippen molar-refractivity contribution in [1.82, 2.24) is 19.4 Å². The first-order chi connectivity index (χ1) is 20.1. The molecule has 0 aliphatic rings. The molecule has 42 heavy (non-hydrogen) atoms. The van der Waals surface area contributed by atoms with E-state index in [2.05, 4.69) is 32.1 Å². The lowest BCUT2D eigenvalue weighted by molar-refractivity contribution is -0.111. The summed E-state index contributed by atoms with van der Waals surface area (Å²) in [5.74, 6) is -0.177. The van der Waals surface area contributed by atoms with Crippen LogP contribution in [0, 0.1) is 12.7 Å². The van der Waals surface area contributed by atoms with Crippen molar-refractivity contribution in [3.63, 3.8) is 0 Å². The van der Waals surface area contributed by atoms with Crippen LogP contribution in [0.2, 0.25) is 0 Å². The number of amides is 1. The smallest absolute Gasteiger partial charge is 0.257 e. The summed E-state index contributed by atoms with van der Waals surface area (Å²) >= 11 is 0. The number of aryl methyl sites for hydroxylation is 1. The second kappa shape index (κ2) is 14.2. The molecular weight excluding hydrogens is 537 g/mol. The molecule has 0 unspecified atom stereocenters. The molecule has 2 aromatic carbocycles. The van der Waals surface area contributed by atoms with E-state index >= 15 is 0 Å². The topological polar surface area (TPSA) is 105 Å². The second-order valence-electron chi connectivity index (χ2n) is 9.52. The van der Waals surface area contributed by atoms with Gasteiger partial charge in [-0.15, -0.1) is 0 Å². The Kier molecular flexibility index (Phi) is 10.8. The average Bonchev–Trinajstić information content (AvgIpc) is 2.97. The fraction of sp³-hybridized carbons (Fsp3) is 0.290. The van der Waals surface area contributed by atoms with Gasteiger partial charge in [0.15, 0.2) is 5.65 Å². The van der Waals surface area contributed by atoms with Gasteiger partial charge in [0.25, 0.3) is 5.56 Å². The molecule has 0 saturated heterocycles. The number of nitrogens with zero attached hydrogens (tertiary/aromatic N) is 5. The van der Waals surface area contributed by atoms with Crippen molar-refractivity contribution in [3.8, 4) is 11.4 Å². The van der Waals surface area contributed by atoms with Crippen molar-refractivity contribution in [1.29, 1.82) is 0 Å². The normalized spacial score (nSPS) is 10.6. The van der Waals surface area contributed by atoms with E-state index in [1.807, 2.05) is 46.0 Å². The number of methoxy groups -OCH3 is 1. The number of aromatic nitrogens is 3. The number of benzene rings is 2. The van der Waals surface area contributed by atoms with E-state index in [0.29, 0.717) is 46.0 Å². The van der Waals surface area contributed by atoms with Crippen LogP contribution in [0.1, 0.15) is 19.4 Å². The Morgan fingerprint density at radius 2 is 1.86 bits per heavy atom. The van der Waals surface area contributed by atoms with Gasteiger partial charge < -0.3 is 25.2 Å². The van der Waals surface area contributed by atoms with Gasteiger partial charge in [-0.25, -0.2) is 9.37 Å². The van der Waals surface area contributed by atoms with E-state index in [1.165, 1.54) is 34.9 Å². The van der Waals surface area contributed by atoms with E-state index in [-0.39, 0.29) is 17.4 Å². The zero-order valence-corrected chi connectivity index (χ0v) is 25.2. The van der Waals surface area contributed by atoms with Crippen LogP contribution in [0.25, 0.3) is 16.7 Å². The van der Waals surface area contributed by atoms with Gasteiger partial charge in [0.1, 0.15) is 11.6 Å². The molecule has 10 nitrogen and oxygen atoms in total. The van der Waals surface area contributed by atoms with Gasteiger partial charge in [-0.1, -0.05) is 26.5 Å². The van der Waals surface area contributed by atoms with Crippen LogP contribution in [0.5, 0.6) is 5.75 Å². The summed E-state index contributed by atoms with van der Waals surface area (Å²) in [6.07, 6.45) is 2.80.